The van der Waals surface area contributed by atoms with Gasteiger partial charge in [0.15, 0.2) is 11.6 Å². The molecule has 19 heavy (non-hydrogen) atoms. The number of hydrogen-bond acceptors (Lipinski definition) is 2. The van der Waals surface area contributed by atoms with E-state index in [1.165, 1.54) is 6.07 Å². The van der Waals surface area contributed by atoms with E-state index in [0.717, 1.165) is 10.0 Å². The first kappa shape index (κ1) is 14.0. The lowest BCUT2D eigenvalue weighted by molar-refractivity contribution is 0.194. The van der Waals surface area contributed by atoms with E-state index in [1.54, 1.807) is 25.1 Å². The third-order valence-corrected chi connectivity index (χ3v) is 3.30. The summed E-state index contributed by atoms with van der Waals surface area (Å²) in [5, 5.41) is 9.67. The Hall–Kier alpha value is -1.39. The Morgan fingerprint density at radius 2 is 2.00 bits per heavy atom. The molecule has 0 aliphatic heterocycles. The molecule has 1 N–H and O–H groups in total. The molecule has 0 aromatic heterocycles. The molecule has 4 heteroatoms. The first-order valence-corrected chi connectivity index (χ1v) is 6.69. The largest absolute Gasteiger partial charge is 0.454 e. The third kappa shape index (κ3) is 3.14. The normalized spacial score (nSPS) is 12.3. The molecule has 0 spiro atoms. The molecule has 0 radical (unpaired) electrons. The number of aliphatic hydroxyl groups excluding tert-OH is 1. The lowest BCUT2D eigenvalue weighted by Crippen LogP contribution is -1.99. The van der Waals surface area contributed by atoms with Crippen molar-refractivity contribution < 1.29 is 14.2 Å². The minimum atomic E-state index is -0.793. The van der Waals surface area contributed by atoms with Gasteiger partial charge in [-0.1, -0.05) is 34.1 Å². The lowest BCUT2D eigenvalue weighted by Gasteiger charge is -2.15. The Kier molecular flexibility index (Phi) is 4.22. The molecule has 0 heterocycles. The molecule has 0 unspecified atom stereocenters. The highest BCUT2D eigenvalue weighted by molar-refractivity contribution is 9.10. The van der Waals surface area contributed by atoms with Gasteiger partial charge in [0.2, 0.25) is 0 Å². The summed E-state index contributed by atoms with van der Waals surface area (Å²) in [5.74, 6) is 0.137. The second-order valence-corrected chi connectivity index (χ2v) is 5.26. The molecule has 0 saturated carbocycles. The van der Waals surface area contributed by atoms with Crippen LogP contribution in [0.25, 0.3) is 0 Å². The highest BCUT2D eigenvalue weighted by atomic mass is 79.9. The Balaban J connectivity index is 2.46. The fourth-order valence-corrected chi connectivity index (χ4v) is 2.10. The van der Waals surface area contributed by atoms with Crippen LogP contribution >= 0.6 is 15.9 Å². The van der Waals surface area contributed by atoms with Gasteiger partial charge in [-0.2, -0.15) is 0 Å². The molecule has 0 bridgehead atoms. The lowest BCUT2D eigenvalue weighted by atomic mass is 10.1. The van der Waals surface area contributed by atoms with Gasteiger partial charge < -0.3 is 9.84 Å². The molecule has 100 valence electrons. The van der Waals surface area contributed by atoms with E-state index in [9.17, 15) is 9.50 Å². The van der Waals surface area contributed by atoms with Crippen LogP contribution in [0.2, 0.25) is 0 Å². The second-order valence-electron chi connectivity index (χ2n) is 4.35. The standard InChI is InChI=1S/C15H14BrFO2/c1-9-6-7-11(16)8-14(9)19-15-12(10(2)18)4-3-5-13(15)17/h3-8,10,18H,1-2H3/t10-/m1/s1. The number of aliphatic hydroxyl groups is 1. The van der Waals surface area contributed by atoms with Gasteiger partial charge in [0.1, 0.15) is 5.75 Å². The number of ether oxygens (including phenoxy) is 1. The number of halogens is 2. The zero-order valence-electron chi connectivity index (χ0n) is 10.7. The summed E-state index contributed by atoms with van der Waals surface area (Å²) >= 11 is 3.35. The summed E-state index contributed by atoms with van der Waals surface area (Å²) < 4.78 is 20.4. The van der Waals surface area contributed by atoms with Crippen molar-refractivity contribution in [3.63, 3.8) is 0 Å². The van der Waals surface area contributed by atoms with E-state index >= 15 is 0 Å². The monoisotopic (exact) mass is 324 g/mol. The number of rotatable bonds is 3. The smallest absolute Gasteiger partial charge is 0.168 e. The molecule has 2 aromatic rings. The zero-order valence-corrected chi connectivity index (χ0v) is 12.2. The second kappa shape index (κ2) is 5.72. The van der Waals surface area contributed by atoms with E-state index in [1.807, 2.05) is 19.1 Å². The van der Waals surface area contributed by atoms with E-state index in [2.05, 4.69) is 15.9 Å². The Morgan fingerprint density at radius 1 is 1.26 bits per heavy atom. The maximum atomic E-state index is 13.9. The molecular formula is C15H14BrFO2. The van der Waals surface area contributed by atoms with Crippen molar-refractivity contribution >= 4 is 15.9 Å². The fraction of sp³-hybridized carbons (Fsp3) is 0.200. The summed E-state index contributed by atoms with van der Waals surface area (Å²) in [7, 11) is 0. The summed E-state index contributed by atoms with van der Waals surface area (Å²) in [4.78, 5) is 0. The summed E-state index contributed by atoms with van der Waals surface area (Å²) in [6, 6.07) is 10.1. The van der Waals surface area contributed by atoms with Crippen molar-refractivity contribution in [2.24, 2.45) is 0 Å². The van der Waals surface area contributed by atoms with Crippen LogP contribution in [0.1, 0.15) is 24.2 Å². The number of para-hydroxylation sites is 1. The Morgan fingerprint density at radius 3 is 2.68 bits per heavy atom. The molecule has 2 rings (SSSR count). The van der Waals surface area contributed by atoms with Crippen molar-refractivity contribution in [3.8, 4) is 11.5 Å². The zero-order chi connectivity index (χ0) is 14.0. The van der Waals surface area contributed by atoms with Crippen LogP contribution in [0.5, 0.6) is 11.5 Å². The molecule has 0 amide bonds. The molecule has 0 fully saturated rings. The molecule has 2 aromatic carbocycles. The van der Waals surface area contributed by atoms with E-state index in [4.69, 9.17) is 4.74 Å². The highest BCUT2D eigenvalue weighted by Crippen LogP contribution is 2.34. The quantitative estimate of drug-likeness (QED) is 0.883. The van der Waals surface area contributed by atoms with Gasteiger partial charge in [0.05, 0.1) is 6.10 Å². The van der Waals surface area contributed by atoms with Crippen molar-refractivity contribution in [1.82, 2.24) is 0 Å². The predicted octanol–water partition coefficient (Wildman–Crippen LogP) is 4.74. The number of aryl methyl sites for hydroxylation is 1. The molecule has 0 aliphatic rings. The average molecular weight is 325 g/mol. The topological polar surface area (TPSA) is 29.5 Å². The Bertz CT molecular complexity index is 597. The van der Waals surface area contributed by atoms with Gasteiger partial charge in [-0.05, 0) is 37.6 Å². The maximum absolute atomic E-state index is 13.9. The van der Waals surface area contributed by atoms with E-state index < -0.39 is 11.9 Å². The van der Waals surface area contributed by atoms with Crippen LogP contribution in [0.15, 0.2) is 40.9 Å². The SMILES string of the molecule is Cc1ccc(Br)cc1Oc1c(F)cccc1[C@@H](C)O. The van der Waals surface area contributed by atoms with Gasteiger partial charge >= 0.3 is 0 Å². The van der Waals surface area contributed by atoms with Crippen molar-refractivity contribution in [2.45, 2.75) is 20.0 Å². The van der Waals surface area contributed by atoms with Crippen LogP contribution < -0.4 is 4.74 Å². The Labute approximate surface area is 120 Å². The van der Waals surface area contributed by atoms with Crippen LogP contribution in [0.3, 0.4) is 0 Å². The van der Waals surface area contributed by atoms with Gasteiger partial charge in [-0.15, -0.1) is 0 Å². The summed E-state index contributed by atoms with van der Waals surface area (Å²) in [5.41, 5.74) is 1.32. The fourth-order valence-electron chi connectivity index (χ4n) is 1.76. The average Bonchev–Trinajstić information content (AvgIpc) is 2.35. The van der Waals surface area contributed by atoms with Crippen molar-refractivity contribution in [1.29, 1.82) is 0 Å². The molecule has 0 saturated heterocycles. The van der Waals surface area contributed by atoms with Crippen LogP contribution in [0.4, 0.5) is 4.39 Å². The van der Waals surface area contributed by atoms with E-state index in [-0.39, 0.29) is 5.75 Å². The number of benzene rings is 2. The van der Waals surface area contributed by atoms with Crippen molar-refractivity contribution in [3.05, 3.63) is 57.8 Å². The predicted molar refractivity (Wildman–Crippen MR) is 76.0 cm³/mol. The van der Waals surface area contributed by atoms with Gasteiger partial charge in [-0.3, -0.25) is 0 Å². The summed E-state index contributed by atoms with van der Waals surface area (Å²) in [6.45, 7) is 3.46. The van der Waals surface area contributed by atoms with E-state index in [0.29, 0.717) is 11.3 Å². The maximum Gasteiger partial charge on any atom is 0.168 e. The molecule has 0 aliphatic carbocycles. The first-order chi connectivity index (χ1) is 8.99. The molecule has 1 atom stereocenters. The minimum absolute atomic E-state index is 0.0682. The van der Waals surface area contributed by atoms with Crippen LogP contribution in [-0.4, -0.2) is 5.11 Å². The third-order valence-electron chi connectivity index (χ3n) is 2.81. The number of hydrogen-bond donors (Lipinski definition) is 1. The van der Waals surface area contributed by atoms with Crippen LogP contribution in [0, 0.1) is 12.7 Å². The van der Waals surface area contributed by atoms with Gasteiger partial charge in [0, 0.05) is 10.0 Å². The van der Waals surface area contributed by atoms with Crippen molar-refractivity contribution in [2.75, 3.05) is 0 Å². The summed E-state index contributed by atoms with van der Waals surface area (Å²) in [6.07, 6.45) is -0.793. The molecule has 2 nitrogen and oxygen atoms in total. The highest BCUT2D eigenvalue weighted by Gasteiger charge is 2.15. The van der Waals surface area contributed by atoms with Gasteiger partial charge in [-0.25, -0.2) is 4.39 Å². The van der Waals surface area contributed by atoms with Gasteiger partial charge in [0.25, 0.3) is 0 Å². The first-order valence-electron chi connectivity index (χ1n) is 5.89. The molecular weight excluding hydrogens is 311 g/mol. The van der Waals surface area contributed by atoms with Crippen LogP contribution in [-0.2, 0) is 0 Å². The minimum Gasteiger partial charge on any atom is -0.454 e.